The highest BCUT2D eigenvalue weighted by Crippen LogP contribution is 2.19. The van der Waals surface area contributed by atoms with Crippen molar-refractivity contribution in [3.8, 4) is 11.8 Å². The Kier molecular flexibility index (Phi) is 4.27. The molecule has 88 valence electrons. The van der Waals surface area contributed by atoms with Crippen molar-refractivity contribution < 1.29 is 4.42 Å². The number of unbranched alkanes of at least 4 members (excludes halogenated alkanes) is 4. The van der Waals surface area contributed by atoms with Gasteiger partial charge in [-0.15, -0.1) is 0 Å². The van der Waals surface area contributed by atoms with Crippen LogP contribution in [0.2, 0.25) is 0 Å². The van der Waals surface area contributed by atoms with Crippen LogP contribution in [0.1, 0.15) is 44.6 Å². The summed E-state index contributed by atoms with van der Waals surface area (Å²) in [6, 6.07) is 8.03. The Labute approximate surface area is 103 Å². The molecule has 2 aromatic rings. The summed E-state index contributed by atoms with van der Waals surface area (Å²) < 4.78 is 5.44. The lowest BCUT2D eigenvalue weighted by molar-refractivity contribution is 0.615. The van der Waals surface area contributed by atoms with Crippen molar-refractivity contribution in [2.45, 2.75) is 39.0 Å². The zero-order valence-electron chi connectivity index (χ0n) is 10.3. The van der Waals surface area contributed by atoms with Crippen molar-refractivity contribution in [3.05, 3.63) is 36.1 Å². The molecule has 0 saturated heterocycles. The van der Waals surface area contributed by atoms with Crippen LogP contribution >= 0.6 is 0 Å². The lowest BCUT2D eigenvalue weighted by Gasteiger charge is -1.91. The van der Waals surface area contributed by atoms with Gasteiger partial charge < -0.3 is 4.42 Å². The Hall–Kier alpha value is -1.68. The van der Waals surface area contributed by atoms with Gasteiger partial charge in [-0.3, -0.25) is 0 Å². The van der Waals surface area contributed by atoms with Gasteiger partial charge in [0.15, 0.2) is 0 Å². The maximum atomic E-state index is 5.44. The molecule has 2 rings (SSSR count). The lowest BCUT2D eigenvalue weighted by Crippen LogP contribution is -1.75. The summed E-state index contributed by atoms with van der Waals surface area (Å²) in [5.74, 6) is 6.43. The first-order valence-corrected chi connectivity index (χ1v) is 6.37. The second-order valence-electron chi connectivity index (χ2n) is 4.26. The zero-order chi connectivity index (χ0) is 11.9. The minimum absolute atomic E-state index is 0.919. The Morgan fingerprint density at radius 1 is 1.12 bits per heavy atom. The molecule has 1 heterocycles. The maximum absolute atomic E-state index is 5.44. The van der Waals surface area contributed by atoms with E-state index < -0.39 is 0 Å². The van der Waals surface area contributed by atoms with E-state index in [0.717, 1.165) is 23.0 Å². The van der Waals surface area contributed by atoms with Gasteiger partial charge in [-0.05, 0) is 18.6 Å². The first kappa shape index (κ1) is 11.8. The predicted molar refractivity (Wildman–Crippen MR) is 71.9 cm³/mol. The van der Waals surface area contributed by atoms with Gasteiger partial charge >= 0.3 is 0 Å². The first-order chi connectivity index (χ1) is 8.42. The highest BCUT2D eigenvalue weighted by Gasteiger charge is 2.00. The summed E-state index contributed by atoms with van der Waals surface area (Å²) in [7, 11) is 0. The van der Waals surface area contributed by atoms with E-state index >= 15 is 0 Å². The molecule has 0 aliphatic heterocycles. The van der Waals surface area contributed by atoms with E-state index in [2.05, 4.69) is 24.8 Å². The molecule has 1 heteroatoms. The number of para-hydroxylation sites is 1. The van der Waals surface area contributed by atoms with Crippen LogP contribution in [-0.2, 0) is 0 Å². The monoisotopic (exact) mass is 226 g/mol. The molecule has 0 saturated carbocycles. The van der Waals surface area contributed by atoms with Gasteiger partial charge in [0.2, 0.25) is 0 Å². The number of benzene rings is 1. The minimum Gasteiger partial charge on any atom is -0.463 e. The second-order valence-corrected chi connectivity index (χ2v) is 4.26. The SMILES string of the molecule is CCCCCCC#Cc1coc2ccccc12. The summed E-state index contributed by atoms with van der Waals surface area (Å²) in [6.45, 7) is 2.23. The molecule has 0 amide bonds. The summed E-state index contributed by atoms with van der Waals surface area (Å²) in [5, 5.41) is 1.12. The molecule has 17 heavy (non-hydrogen) atoms. The maximum Gasteiger partial charge on any atom is 0.135 e. The van der Waals surface area contributed by atoms with E-state index in [0.29, 0.717) is 0 Å². The topological polar surface area (TPSA) is 13.1 Å². The van der Waals surface area contributed by atoms with Gasteiger partial charge in [-0.25, -0.2) is 0 Å². The van der Waals surface area contributed by atoms with E-state index in [1.807, 2.05) is 18.2 Å². The van der Waals surface area contributed by atoms with E-state index in [9.17, 15) is 0 Å². The van der Waals surface area contributed by atoms with Crippen molar-refractivity contribution in [2.75, 3.05) is 0 Å². The quantitative estimate of drug-likeness (QED) is 0.541. The van der Waals surface area contributed by atoms with Crippen molar-refractivity contribution in [2.24, 2.45) is 0 Å². The highest BCUT2D eigenvalue weighted by molar-refractivity contribution is 5.83. The van der Waals surface area contributed by atoms with E-state index in [1.54, 1.807) is 6.26 Å². The summed E-state index contributed by atoms with van der Waals surface area (Å²) in [6.07, 6.45) is 7.83. The average molecular weight is 226 g/mol. The zero-order valence-corrected chi connectivity index (χ0v) is 10.3. The number of fused-ring (bicyclic) bond motifs is 1. The minimum atomic E-state index is 0.919. The Morgan fingerprint density at radius 2 is 2.00 bits per heavy atom. The van der Waals surface area contributed by atoms with Crippen LogP contribution in [0.4, 0.5) is 0 Å². The van der Waals surface area contributed by atoms with Crippen molar-refractivity contribution in [3.63, 3.8) is 0 Å². The average Bonchev–Trinajstić information content (AvgIpc) is 2.77. The van der Waals surface area contributed by atoms with Gasteiger partial charge in [-0.1, -0.05) is 50.2 Å². The van der Waals surface area contributed by atoms with Crippen LogP contribution in [0, 0.1) is 11.8 Å². The molecule has 0 spiro atoms. The molecule has 0 atom stereocenters. The highest BCUT2D eigenvalue weighted by atomic mass is 16.3. The summed E-state index contributed by atoms with van der Waals surface area (Å²) in [5.41, 5.74) is 1.93. The smallest absolute Gasteiger partial charge is 0.135 e. The van der Waals surface area contributed by atoms with Crippen LogP contribution in [0.3, 0.4) is 0 Å². The number of rotatable bonds is 4. The second kappa shape index (κ2) is 6.15. The molecule has 0 radical (unpaired) electrons. The van der Waals surface area contributed by atoms with Gasteiger partial charge in [0.05, 0.1) is 5.56 Å². The van der Waals surface area contributed by atoms with Crippen LogP contribution < -0.4 is 0 Å². The van der Waals surface area contributed by atoms with Crippen LogP contribution in [0.5, 0.6) is 0 Å². The molecule has 0 aliphatic rings. The number of hydrogen-bond donors (Lipinski definition) is 0. The fraction of sp³-hybridized carbons (Fsp3) is 0.375. The van der Waals surface area contributed by atoms with Crippen LogP contribution in [0.15, 0.2) is 34.9 Å². The molecule has 0 aliphatic carbocycles. The fourth-order valence-corrected chi connectivity index (χ4v) is 1.87. The fourth-order valence-electron chi connectivity index (χ4n) is 1.87. The Morgan fingerprint density at radius 3 is 2.88 bits per heavy atom. The lowest BCUT2D eigenvalue weighted by atomic mass is 10.1. The van der Waals surface area contributed by atoms with E-state index in [4.69, 9.17) is 4.42 Å². The Bertz CT molecular complexity index is 525. The molecular weight excluding hydrogens is 208 g/mol. The van der Waals surface area contributed by atoms with Crippen molar-refractivity contribution >= 4 is 11.0 Å². The summed E-state index contributed by atoms with van der Waals surface area (Å²) in [4.78, 5) is 0. The molecule has 1 aromatic carbocycles. The largest absolute Gasteiger partial charge is 0.463 e. The van der Waals surface area contributed by atoms with Crippen LogP contribution in [0.25, 0.3) is 11.0 Å². The van der Waals surface area contributed by atoms with Crippen LogP contribution in [-0.4, -0.2) is 0 Å². The summed E-state index contributed by atoms with van der Waals surface area (Å²) >= 11 is 0. The first-order valence-electron chi connectivity index (χ1n) is 6.37. The van der Waals surface area contributed by atoms with Gasteiger partial charge in [0.25, 0.3) is 0 Å². The van der Waals surface area contributed by atoms with E-state index in [-0.39, 0.29) is 0 Å². The molecule has 1 aromatic heterocycles. The van der Waals surface area contributed by atoms with Gasteiger partial charge in [0.1, 0.15) is 11.8 Å². The molecule has 1 nitrogen and oxygen atoms in total. The third-order valence-corrected chi connectivity index (χ3v) is 2.86. The molecule has 0 bridgehead atoms. The standard InChI is InChI=1S/C16H18O/c1-2-3-4-5-6-7-10-14-13-17-16-12-9-8-11-15(14)16/h8-9,11-13H,2-6H2,1H3. The number of furan rings is 1. The molecule has 0 fully saturated rings. The number of hydrogen-bond acceptors (Lipinski definition) is 1. The predicted octanol–water partition coefficient (Wildman–Crippen LogP) is 4.75. The molecule has 0 N–H and O–H groups in total. The molecule has 0 unspecified atom stereocenters. The van der Waals surface area contributed by atoms with Crippen molar-refractivity contribution in [1.29, 1.82) is 0 Å². The normalized spacial score (nSPS) is 10.2. The van der Waals surface area contributed by atoms with Crippen molar-refractivity contribution in [1.82, 2.24) is 0 Å². The van der Waals surface area contributed by atoms with E-state index in [1.165, 1.54) is 25.7 Å². The van der Waals surface area contributed by atoms with Gasteiger partial charge in [-0.2, -0.15) is 0 Å². The third kappa shape index (κ3) is 3.14. The Balaban J connectivity index is 1.97. The van der Waals surface area contributed by atoms with Gasteiger partial charge in [0, 0.05) is 11.8 Å². The third-order valence-electron chi connectivity index (χ3n) is 2.86. The molecular formula is C16H18O.